The molecule has 0 aliphatic heterocycles. The van der Waals surface area contributed by atoms with Gasteiger partial charge in [0.05, 0.1) is 22.7 Å². The van der Waals surface area contributed by atoms with Gasteiger partial charge >= 0.3 is 5.97 Å². The van der Waals surface area contributed by atoms with Crippen molar-refractivity contribution >= 4 is 17.0 Å². The molecule has 0 bridgehead atoms. The van der Waals surface area contributed by atoms with Gasteiger partial charge in [0.1, 0.15) is 5.69 Å². The van der Waals surface area contributed by atoms with Crippen LogP contribution < -0.4 is 0 Å². The van der Waals surface area contributed by atoms with E-state index >= 15 is 0 Å². The lowest BCUT2D eigenvalue weighted by Crippen LogP contribution is -2.11. The normalized spacial score (nSPS) is 14.3. The number of pyridine rings is 1. The number of ether oxygens (including phenoxy) is 1. The minimum Gasteiger partial charge on any atom is -0.459 e. The van der Waals surface area contributed by atoms with Gasteiger partial charge in [-0.25, -0.2) is 9.78 Å². The summed E-state index contributed by atoms with van der Waals surface area (Å²) in [5, 5.41) is 0. The van der Waals surface area contributed by atoms with E-state index in [0.717, 1.165) is 35.4 Å². The van der Waals surface area contributed by atoms with Crippen molar-refractivity contribution in [2.45, 2.75) is 38.8 Å². The van der Waals surface area contributed by atoms with Gasteiger partial charge in [-0.05, 0) is 57.0 Å². The van der Waals surface area contributed by atoms with Crippen molar-refractivity contribution in [2.75, 3.05) is 0 Å². The van der Waals surface area contributed by atoms with E-state index in [1.807, 2.05) is 50.2 Å². The molecule has 122 valence electrons. The summed E-state index contributed by atoms with van der Waals surface area (Å²) in [6, 6.07) is 11.9. The largest absolute Gasteiger partial charge is 0.459 e. The van der Waals surface area contributed by atoms with E-state index in [-0.39, 0.29) is 12.1 Å². The predicted molar refractivity (Wildman–Crippen MR) is 91.8 cm³/mol. The molecule has 0 N–H and O–H groups in total. The smallest absolute Gasteiger partial charge is 0.338 e. The van der Waals surface area contributed by atoms with Crippen molar-refractivity contribution in [3.05, 3.63) is 48.2 Å². The molecule has 2 heterocycles. The summed E-state index contributed by atoms with van der Waals surface area (Å²) >= 11 is 0. The molecule has 0 saturated heterocycles. The Balaban J connectivity index is 1.82. The van der Waals surface area contributed by atoms with Crippen LogP contribution in [0, 0.1) is 0 Å². The number of esters is 1. The Hall–Kier alpha value is -2.69. The second-order valence-corrected chi connectivity index (χ2v) is 6.41. The Morgan fingerprint density at radius 1 is 1.25 bits per heavy atom. The van der Waals surface area contributed by atoms with E-state index in [9.17, 15) is 4.79 Å². The summed E-state index contributed by atoms with van der Waals surface area (Å²) in [7, 11) is 0. The van der Waals surface area contributed by atoms with Gasteiger partial charge in [0.25, 0.3) is 0 Å². The summed E-state index contributed by atoms with van der Waals surface area (Å²) in [6.07, 6.45) is 3.95. The molecule has 4 rings (SSSR count). The first-order valence-corrected chi connectivity index (χ1v) is 8.28. The molecule has 2 aromatic heterocycles. The maximum absolute atomic E-state index is 12.1. The maximum atomic E-state index is 12.1. The van der Waals surface area contributed by atoms with E-state index in [0.29, 0.717) is 11.6 Å². The molecule has 0 radical (unpaired) electrons. The van der Waals surface area contributed by atoms with Gasteiger partial charge in [0, 0.05) is 12.2 Å². The molecule has 3 aromatic rings. The van der Waals surface area contributed by atoms with Crippen LogP contribution in [-0.4, -0.2) is 26.6 Å². The Morgan fingerprint density at radius 3 is 2.75 bits per heavy atom. The molecular formula is C19H19N3O2. The fraction of sp³-hybridized carbons (Fsp3) is 0.316. The number of nitrogens with zero attached hydrogens (tertiary/aromatic N) is 3. The van der Waals surface area contributed by atoms with Gasteiger partial charge < -0.3 is 9.30 Å². The first kappa shape index (κ1) is 14.9. The molecule has 0 spiro atoms. The number of hydrogen-bond donors (Lipinski definition) is 0. The van der Waals surface area contributed by atoms with Crippen LogP contribution in [0.15, 0.2) is 42.6 Å². The van der Waals surface area contributed by atoms with E-state index < -0.39 is 0 Å². The number of carbonyl (C=O) groups excluding carboxylic acids is 1. The third kappa shape index (κ3) is 2.66. The van der Waals surface area contributed by atoms with Crippen molar-refractivity contribution < 1.29 is 9.53 Å². The summed E-state index contributed by atoms with van der Waals surface area (Å²) < 4.78 is 7.53. The fourth-order valence-electron chi connectivity index (χ4n) is 2.89. The topological polar surface area (TPSA) is 57.0 Å². The molecule has 0 unspecified atom stereocenters. The van der Waals surface area contributed by atoms with E-state index in [4.69, 9.17) is 9.72 Å². The van der Waals surface area contributed by atoms with Crippen LogP contribution in [0.4, 0.5) is 0 Å². The second-order valence-electron chi connectivity index (χ2n) is 6.41. The molecule has 5 heteroatoms. The average molecular weight is 321 g/mol. The zero-order valence-electron chi connectivity index (χ0n) is 13.8. The van der Waals surface area contributed by atoms with Crippen molar-refractivity contribution in [2.24, 2.45) is 0 Å². The standard InChI is InChI=1S/C19H19N3O2/c1-12(2)24-19(23)13-6-9-17-16(11-13)21-18(22(17)14-7-8-14)15-5-3-4-10-20-15/h3-6,9-12,14H,7-8H2,1-2H3. The lowest BCUT2D eigenvalue weighted by Gasteiger charge is -2.08. The molecular weight excluding hydrogens is 302 g/mol. The highest BCUT2D eigenvalue weighted by Gasteiger charge is 2.29. The number of imidazole rings is 1. The van der Waals surface area contributed by atoms with Crippen molar-refractivity contribution in [3.63, 3.8) is 0 Å². The zero-order valence-corrected chi connectivity index (χ0v) is 13.8. The molecule has 1 aromatic carbocycles. The predicted octanol–water partition coefficient (Wildman–Crippen LogP) is 4.00. The molecule has 0 amide bonds. The number of rotatable bonds is 4. The zero-order chi connectivity index (χ0) is 16.7. The first-order valence-electron chi connectivity index (χ1n) is 8.28. The van der Waals surface area contributed by atoms with Gasteiger partial charge in [-0.1, -0.05) is 6.07 Å². The molecule has 1 aliphatic carbocycles. The average Bonchev–Trinajstić information content (AvgIpc) is 3.34. The van der Waals surface area contributed by atoms with Gasteiger partial charge in [-0.2, -0.15) is 0 Å². The Kier molecular flexibility index (Phi) is 3.56. The molecule has 1 saturated carbocycles. The molecule has 0 atom stereocenters. The Morgan fingerprint density at radius 2 is 2.08 bits per heavy atom. The van der Waals surface area contributed by atoms with E-state index in [1.165, 1.54) is 0 Å². The first-order chi connectivity index (χ1) is 11.6. The molecule has 5 nitrogen and oxygen atoms in total. The highest BCUT2D eigenvalue weighted by molar-refractivity contribution is 5.94. The van der Waals surface area contributed by atoms with Crippen LogP contribution in [-0.2, 0) is 4.74 Å². The lowest BCUT2D eigenvalue weighted by molar-refractivity contribution is 0.0378. The Bertz CT molecular complexity index is 896. The summed E-state index contributed by atoms with van der Waals surface area (Å²) in [5.74, 6) is 0.551. The van der Waals surface area contributed by atoms with E-state index in [2.05, 4.69) is 9.55 Å². The van der Waals surface area contributed by atoms with Crippen molar-refractivity contribution in [1.82, 2.24) is 14.5 Å². The van der Waals surface area contributed by atoms with Crippen molar-refractivity contribution in [1.29, 1.82) is 0 Å². The van der Waals surface area contributed by atoms with Crippen LogP contribution in [0.2, 0.25) is 0 Å². The van der Waals surface area contributed by atoms with Crippen LogP contribution in [0.5, 0.6) is 0 Å². The van der Waals surface area contributed by atoms with Crippen LogP contribution in [0.25, 0.3) is 22.6 Å². The van der Waals surface area contributed by atoms with Crippen molar-refractivity contribution in [3.8, 4) is 11.5 Å². The number of hydrogen-bond acceptors (Lipinski definition) is 4. The number of aromatic nitrogens is 3. The minimum absolute atomic E-state index is 0.138. The molecule has 1 aliphatic rings. The lowest BCUT2D eigenvalue weighted by atomic mass is 10.2. The van der Waals surface area contributed by atoms with Crippen LogP contribution in [0.3, 0.4) is 0 Å². The van der Waals surface area contributed by atoms with Crippen LogP contribution >= 0.6 is 0 Å². The number of carbonyl (C=O) groups is 1. The minimum atomic E-state index is -0.313. The quantitative estimate of drug-likeness (QED) is 0.682. The Labute approximate surface area is 140 Å². The van der Waals surface area contributed by atoms with Gasteiger partial charge in [-0.3, -0.25) is 4.98 Å². The summed E-state index contributed by atoms with van der Waals surface area (Å²) in [6.45, 7) is 3.69. The second kappa shape index (κ2) is 5.74. The summed E-state index contributed by atoms with van der Waals surface area (Å²) in [5.41, 5.74) is 3.23. The van der Waals surface area contributed by atoms with Crippen LogP contribution in [0.1, 0.15) is 43.1 Å². The van der Waals surface area contributed by atoms with Gasteiger partial charge in [0.15, 0.2) is 5.82 Å². The number of benzene rings is 1. The highest BCUT2D eigenvalue weighted by Crippen LogP contribution is 2.41. The highest BCUT2D eigenvalue weighted by atomic mass is 16.5. The fourth-order valence-corrected chi connectivity index (χ4v) is 2.89. The van der Waals surface area contributed by atoms with Gasteiger partial charge in [0.2, 0.25) is 0 Å². The van der Waals surface area contributed by atoms with Gasteiger partial charge in [-0.15, -0.1) is 0 Å². The number of fused-ring (bicyclic) bond motifs is 1. The molecule has 24 heavy (non-hydrogen) atoms. The third-order valence-corrected chi connectivity index (χ3v) is 4.07. The maximum Gasteiger partial charge on any atom is 0.338 e. The SMILES string of the molecule is CC(C)OC(=O)c1ccc2c(c1)nc(-c1ccccn1)n2C1CC1. The van der Waals surface area contributed by atoms with E-state index in [1.54, 1.807) is 6.20 Å². The third-order valence-electron chi connectivity index (χ3n) is 4.07. The molecule has 1 fully saturated rings. The monoisotopic (exact) mass is 321 g/mol. The summed E-state index contributed by atoms with van der Waals surface area (Å²) in [4.78, 5) is 21.3.